The molecule has 0 amide bonds. The van der Waals surface area contributed by atoms with Crippen LogP contribution in [0, 0.1) is 5.41 Å². The van der Waals surface area contributed by atoms with Gasteiger partial charge >= 0.3 is 0 Å². The van der Waals surface area contributed by atoms with Crippen LogP contribution in [0.3, 0.4) is 0 Å². The van der Waals surface area contributed by atoms with Crippen LogP contribution in [0.25, 0.3) is 0 Å². The summed E-state index contributed by atoms with van der Waals surface area (Å²) in [4.78, 5) is 7.00. The van der Waals surface area contributed by atoms with Crippen molar-refractivity contribution in [3.63, 3.8) is 0 Å². The average Bonchev–Trinajstić information content (AvgIpc) is 2.95. The molecule has 3 nitrogen and oxygen atoms in total. The van der Waals surface area contributed by atoms with Gasteiger partial charge in [0.15, 0.2) is 0 Å². The summed E-state index contributed by atoms with van der Waals surface area (Å²) in [6.07, 6.45) is 10.3. The minimum absolute atomic E-state index is 0.647. The first-order valence-corrected chi connectivity index (χ1v) is 8.70. The lowest BCUT2D eigenvalue weighted by Gasteiger charge is -2.40. The van der Waals surface area contributed by atoms with E-state index in [0.717, 1.165) is 42.6 Å². The molecule has 2 fully saturated rings. The van der Waals surface area contributed by atoms with E-state index in [0.29, 0.717) is 5.41 Å². The van der Waals surface area contributed by atoms with E-state index in [1.165, 1.54) is 38.5 Å². The highest BCUT2D eigenvalue weighted by Gasteiger charge is 2.37. The number of piperidine rings is 1. The zero-order valence-corrected chi connectivity index (χ0v) is 13.8. The number of anilines is 1. The zero-order chi connectivity index (χ0) is 14.7. The topological polar surface area (TPSA) is 28.2 Å². The molecule has 116 valence electrons. The van der Waals surface area contributed by atoms with Gasteiger partial charge in [-0.3, -0.25) is 0 Å². The van der Waals surface area contributed by atoms with Crippen molar-refractivity contribution in [3.05, 3.63) is 22.8 Å². The van der Waals surface area contributed by atoms with E-state index in [1.54, 1.807) is 0 Å². The van der Waals surface area contributed by atoms with Gasteiger partial charge in [0.1, 0.15) is 5.82 Å². The van der Waals surface area contributed by atoms with Crippen LogP contribution >= 0.6 is 11.6 Å². The van der Waals surface area contributed by atoms with E-state index in [1.807, 2.05) is 6.20 Å². The van der Waals surface area contributed by atoms with E-state index in [-0.39, 0.29) is 0 Å². The first-order chi connectivity index (χ1) is 10.2. The van der Waals surface area contributed by atoms with Gasteiger partial charge in [0.2, 0.25) is 0 Å². The highest BCUT2D eigenvalue weighted by molar-refractivity contribution is 6.33. The van der Waals surface area contributed by atoms with Crippen molar-refractivity contribution in [2.45, 2.75) is 52.0 Å². The predicted molar refractivity (Wildman–Crippen MR) is 89.0 cm³/mol. The van der Waals surface area contributed by atoms with Gasteiger partial charge in [-0.25, -0.2) is 4.98 Å². The third-order valence-corrected chi connectivity index (χ3v) is 5.52. The SMILES string of the molecule is CCNCc1cnc(N2CCC3(CCCC3)CC2)c(Cl)c1. The Morgan fingerprint density at radius 3 is 2.57 bits per heavy atom. The number of halogens is 1. The number of hydrogen-bond acceptors (Lipinski definition) is 3. The first kappa shape index (κ1) is 15.1. The van der Waals surface area contributed by atoms with Gasteiger partial charge in [-0.05, 0) is 49.3 Å². The first-order valence-electron chi connectivity index (χ1n) is 8.32. The number of pyridine rings is 1. The Balaban J connectivity index is 1.64. The summed E-state index contributed by atoms with van der Waals surface area (Å²) in [5.41, 5.74) is 1.81. The molecular formula is C17H26ClN3. The monoisotopic (exact) mass is 307 g/mol. The molecule has 1 aliphatic heterocycles. The number of aromatic nitrogens is 1. The van der Waals surface area contributed by atoms with Crippen molar-refractivity contribution >= 4 is 17.4 Å². The van der Waals surface area contributed by atoms with Crippen LogP contribution in [-0.2, 0) is 6.54 Å². The number of nitrogens with zero attached hydrogens (tertiary/aromatic N) is 2. The van der Waals surface area contributed by atoms with Gasteiger partial charge in [0.05, 0.1) is 5.02 Å². The van der Waals surface area contributed by atoms with E-state index in [2.05, 4.69) is 28.2 Å². The fourth-order valence-corrected chi connectivity index (χ4v) is 4.20. The van der Waals surface area contributed by atoms with Crippen LogP contribution < -0.4 is 10.2 Å². The van der Waals surface area contributed by atoms with Crippen LogP contribution in [0.4, 0.5) is 5.82 Å². The molecule has 1 saturated heterocycles. The highest BCUT2D eigenvalue weighted by Crippen LogP contribution is 2.46. The minimum Gasteiger partial charge on any atom is -0.355 e. The maximum Gasteiger partial charge on any atom is 0.147 e. The molecule has 0 unspecified atom stereocenters. The summed E-state index contributed by atoms with van der Waals surface area (Å²) in [6.45, 7) is 6.13. The Bertz CT molecular complexity index is 473. The second-order valence-electron chi connectivity index (χ2n) is 6.62. The number of nitrogens with one attached hydrogen (secondary N) is 1. The molecule has 1 aliphatic carbocycles. The van der Waals surface area contributed by atoms with E-state index >= 15 is 0 Å². The molecule has 1 aromatic rings. The maximum atomic E-state index is 6.46. The van der Waals surface area contributed by atoms with Gasteiger partial charge in [0, 0.05) is 25.8 Å². The van der Waals surface area contributed by atoms with Gasteiger partial charge in [-0.1, -0.05) is 31.4 Å². The van der Waals surface area contributed by atoms with Gasteiger partial charge < -0.3 is 10.2 Å². The Morgan fingerprint density at radius 2 is 1.95 bits per heavy atom. The maximum absolute atomic E-state index is 6.46. The molecule has 1 N–H and O–H groups in total. The molecule has 3 rings (SSSR count). The van der Waals surface area contributed by atoms with Gasteiger partial charge in [-0.15, -0.1) is 0 Å². The van der Waals surface area contributed by atoms with Crippen molar-refractivity contribution < 1.29 is 0 Å². The Kier molecular flexibility index (Phi) is 4.70. The summed E-state index contributed by atoms with van der Waals surface area (Å²) in [7, 11) is 0. The summed E-state index contributed by atoms with van der Waals surface area (Å²) in [5.74, 6) is 0.977. The Morgan fingerprint density at radius 1 is 1.24 bits per heavy atom. The van der Waals surface area contributed by atoms with Crippen LogP contribution in [0.15, 0.2) is 12.3 Å². The summed E-state index contributed by atoms with van der Waals surface area (Å²) in [5, 5.41) is 4.11. The third-order valence-electron chi connectivity index (χ3n) is 5.25. The van der Waals surface area contributed by atoms with Crippen molar-refractivity contribution in [3.8, 4) is 0 Å². The molecule has 1 spiro atoms. The number of rotatable bonds is 4. The van der Waals surface area contributed by atoms with Gasteiger partial charge in [0.25, 0.3) is 0 Å². The quantitative estimate of drug-likeness (QED) is 0.911. The zero-order valence-electron chi connectivity index (χ0n) is 13.0. The molecule has 1 saturated carbocycles. The largest absolute Gasteiger partial charge is 0.355 e. The Hall–Kier alpha value is -0.800. The molecule has 2 heterocycles. The lowest BCUT2D eigenvalue weighted by atomic mass is 9.77. The van der Waals surface area contributed by atoms with Crippen LogP contribution in [0.5, 0.6) is 0 Å². The van der Waals surface area contributed by atoms with Crippen molar-refractivity contribution in [1.82, 2.24) is 10.3 Å². The molecule has 21 heavy (non-hydrogen) atoms. The fourth-order valence-electron chi connectivity index (χ4n) is 3.89. The smallest absolute Gasteiger partial charge is 0.147 e. The summed E-state index contributed by atoms with van der Waals surface area (Å²) < 4.78 is 0. The molecule has 0 radical (unpaired) electrons. The van der Waals surface area contributed by atoms with Crippen molar-refractivity contribution in [2.24, 2.45) is 5.41 Å². The average molecular weight is 308 g/mol. The summed E-state index contributed by atoms with van der Waals surface area (Å²) >= 11 is 6.46. The molecule has 4 heteroatoms. The number of hydrogen-bond donors (Lipinski definition) is 1. The van der Waals surface area contributed by atoms with Crippen molar-refractivity contribution in [2.75, 3.05) is 24.5 Å². The fraction of sp³-hybridized carbons (Fsp3) is 0.706. The lowest BCUT2D eigenvalue weighted by molar-refractivity contribution is 0.226. The van der Waals surface area contributed by atoms with Crippen LogP contribution in [0.2, 0.25) is 5.02 Å². The molecule has 0 atom stereocenters. The molecule has 1 aromatic heterocycles. The second-order valence-corrected chi connectivity index (χ2v) is 7.03. The highest BCUT2D eigenvalue weighted by atomic mass is 35.5. The van der Waals surface area contributed by atoms with E-state index in [4.69, 9.17) is 11.6 Å². The molecule has 2 aliphatic rings. The lowest BCUT2D eigenvalue weighted by Crippen LogP contribution is -2.39. The van der Waals surface area contributed by atoms with Crippen molar-refractivity contribution in [1.29, 1.82) is 0 Å². The molecule has 0 bridgehead atoms. The van der Waals surface area contributed by atoms with E-state index in [9.17, 15) is 0 Å². The Labute approximate surface area is 133 Å². The van der Waals surface area contributed by atoms with E-state index < -0.39 is 0 Å². The van der Waals surface area contributed by atoms with Crippen LogP contribution in [-0.4, -0.2) is 24.6 Å². The summed E-state index contributed by atoms with van der Waals surface area (Å²) in [6, 6.07) is 2.06. The standard InChI is InChI=1S/C17H26ClN3/c1-2-19-12-14-11-15(18)16(20-13-14)21-9-7-17(8-10-21)5-3-4-6-17/h11,13,19H,2-10,12H2,1H3. The molecule has 0 aromatic carbocycles. The van der Waals surface area contributed by atoms with Gasteiger partial charge in [-0.2, -0.15) is 0 Å². The van der Waals surface area contributed by atoms with Crippen LogP contribution in [0.1, 0.15) is 51.0 Å². The molecular weight excluding hydrogens is 282 g/mol. The second kappa shape index (κ2) is 6.53. The third kappa shape index (κ3) is 3.35. The predicted octanol–water partition coefficient (Wildman–Crippen LogP) is 4.01. The minimum atomic E-state index is 0.647. The normalized spacial score (nSPS) is 21.1.